The van der Waals surface area contributed by atoms with Gasteiger partial charge in [-0.05, 0) is 91.8 Å². The van der Waals surface area contributed by atoms with Crippen LogP contribution in [0.2, 0.25) is 0 Å². The van der Waals surface area contributed by atoms with Gasteiger partial charge in [0.25, 0.3) is 0 Å². The molecule has 0 aliphatic heterocycles. The van der Waals surface area contributed by atoms with Gasteiger partial charge in [-0.3, -0.25) is 0 Å². The number of rotatable bonds is 2. The van der Waals surface area contributed by atoms with Crippen LogP contribution in [0.15, 0.2) is 0 Å². The molecule has 8 atom stereocenters. The lowest BCUT2D eigenvalue weighted by atomic mass is 9.61. The van der Waals surface area contributed by atoms with Crippen molar-refractivity contribution in [1.29, 1.82) is 0 Å². The summed E-state index contributed by atoms with van der Waals surface area (Å²) < 4.78 is 0. The zero-order chi connectivity index (χ0) is 12.5. The Hall–Kier alpha value is 0. The summed E-state index contributed by atoms with van der Waals surface area (Å²) in [6.45, 7) is 7.83. The first kappa shape index (κ1) is 11.8. The molecule has 4 aliphatic rings. The molecule has 0 N–H and O–H groups in total. The van der Waals surface area contributed by atoms with Gasteiger partial charge in [0, 0.05) is 0 Å². The predicted octanol–water partition coefficient (Wildman–Crippen LogP) is 5.13. The average molecular weight is 246 g/mol. The topological polar surface area (TPSA) is 0 Å². The van der Waals surface area contributed by atoms with Crippen molar-refractivity contribution in [3.8, 4) is 0 Å². The second-order valence-electron chi connectivity index (χ2n) is 8.62. The molecule has 0 heteroatoms. The first-order valence-corrected chi connectivity index (χ1v) is 8.59. The van der Waals surface area contributed by atoms with Crippen molar-refractivity contribution in [1.82, 2.24) is 0 Å². The van der Waals surface area contributed by atoms with Gasteiger partial charge >= 0.3 is 0 Å². The molecule has 0 aromatic carbocycles. The summed E-state index contributed by atoms with van der Waals surface area (Å²) in [5, 5.41) is 0. The van der Waals surface area contributed by atoms with Gasteiger partial charge in [0.15, 0.2) is 0 Å². The second-order valence-corrected chi connectivity index (χ2v) is 8.62. The molecule has 4 bridgehead atoms. The minimum absolute atomic E-state index is 0.715. The SMILES string of the molecule is C[C@H]1[C@@H]2CC[C@@H](C2)[C@H]1C[C@]1(C)[C@H]2CC[C@H](C2)[C@@H]1C. The third-order valence-electron chi connectivity index (χ3n) is 8.37. The minimum atomic E-state index is 0.715. The largest absolute Gasteiger partial charge is 0.0620 e. The molecule has 0 radical (unpaired) electrons. The quantitative estimate of drug-likeness (QED) is 0.633. The molecule has 0 amide bonds. The van der Waals surface area contributed by atoms with E-state index in [1.165, 1.54) is 0 Å². The zero-order valence-corrected chi connectivity index (χ0v) is 12.5. The van der Waals surface area contributed by atoms with E-state index in [9.17, 15) is 0 Å². The van der Waals surface area contributed by atoms with E-state index in [4.69, 9.17) is 0 Å². The Morgan fingerprint density at radius 1 is 0.889 bits per heavy atom. The van der Waals surface area contributed by atoms with Crippen molar-refractivity contribution in [2.75, 3.05) is 0 Å². The van der Waals surface area contributed by atoms with E-state index in [2.05, 4.69) is 20.8 Å². The summed E-state index contributed by atoms with van der Waals surface area (Å²) in [5.41, 5.74) is 0.715. The molecule has 0 spiro atoms. The molecule has 4 fully saturated rings. The van der Waals surface area contributed by atoms with E-state index in [1.54, 1.807) is 44.9 Å². The first-order valence-electron chi connectivity index (χ1n) is 8.59. The lowest BCUT2D eigenvalue weighted by Gasteiger charge is -2.44. The fourth-order valence-electron chi connectivity index (χ4n) is 6.89. The highest BCUT2D eigenvalue weighted by Crippen LogP contribution is 2.65. The normalized spacial score (nSPS) is 61.8. The first-order chi connectivity index (χ1) is 8.59. The van der Waals surface area contributed by atoms with Crippen LogP contribution in [0, 0.1) is 46.8 Å². The molecule has 4 aliphatic carbocycles. The summed E-state index contributed by atoms with van der Waals surface area (Å²) in [6.07, 6.45) is 11.0. The summed E-state index contributed by atoms with van der Waals surface area (Å²) >= 11 is 0. The highest BCUT2D eigenvalue weighted by molar-refractivity contribution is 5.05. The van der Waals surface area contributed by atoms with Gasteiger partial charge < -0.3 is 0 Å². The van der Waals surface area contributed by atoms with Crippen LogP contribution in [0.1, 0.15) is 65.7 Å². The minimum Gasteiger partial charge on any atom is -0.0620 e. The van der Waals surface area contributed by atoms with E-state index in [-0.39, 0.29) is 0 Å². The average Bonchev–Trinajstić information content (AvgIpc) is 3.07. The van der Waals surface area contributed by atoms with Gasteiger partial charge in [-0.2, -0.15) is 0 Å². The Kier molecular flexibility index (Phi) is 2.47. The van der Waals surface area contributed by atoms with Crippen LogP contribution in [0.5, 0.6) is 0 Å². The maximum absolute atomic E-state index is 2.67. The molecule has 0 aromatic rings. The molecule has 102 valence electrons. The Balaban J connectivity index is 1.54. The van der Waals surface area contributed by atoms with Gasteiger partial charge in [-0.1, -0.05) is 20.8 Å². The monoisotopic (exact) mass is 246 g/mol. The van der Waals surface area contributed by atoms with Gasteiger partial charge in [0.2, 0.25) is 0 Å². The Morgan fingerprint density at radius 2 is 1.61 bits per heavy atom. The third-order valence-corrected chi connectivity index (χ3v) is 8.37. The fourth-order valence-corrected chi connectivity index (χ4v) is 6.89. The van der Waals surface area contributed by atoms with Gasteiger partial charge in [0.1, 0.15) is 0 Å². The lowest BCUT2D eigenvalue weighted by Crippen LogP contribution is -2.36. The van der Waals surface area contributed by atoms with Crippen molar-refractivity contribution >= 4 is 0 Å². The van der Waals surface area contributed by atoms with Crippen molar-refractivity contribution < 1.29 is 0 Å². The van der Waals surface area contributed by atoms with Crippen molar-refractivity contribution in [2.45, 2.75) is 65.7 Å². The molecule has 0 nitrogen and oxygen atoms in total. The van der Waals surface area contributed by atoms with Gasteiger partial charge in [-0.25, -0.2) is 0 Å². The highest BCUT2D eigenvalue weighted by Gasteiger charge is 2.56. The maximum atomic E-state index is 2.67. The molecular weight excluding hydrogens is 216 g/mol. The highest BCUT2D eigenvalue weighted by atomic mass is 14.6. The van der Waals surface area contributed by atoms with Crippen LogP contribution in [0.3, 0.4) is 0 Å². The number of hydrogen-bond acceptors (Lipinski definition) is 0. The second kappa shape index (κ2) is 3.76. The smallest absolute Gasteiger partial charge is 0.0266 e. The fraction of sp³-hybridized carbons (Fsp3) is 1.00. The van der Waals surface area contributed by atoms with E-state index in [0.29, 0.717) is 5.41 Å². The van der Waals surface area contributed by atoms with Crippen LogP contribution >= 0.6 is 0 Å². The molecule has 0 aromatic heterocycles. The van der Waals surface area contributed by atoms with Gasteiger partial charge in [0.05, 0.1) is 0 Å². The molecule has 0 unspecified atom stereocenters. The number of hydrogen-bond donors (Lipinski definition) is 0. The van der Waals surface area contributed by atoms with Crippen LogP contribution in [0.4, 0.5) is 0 Å². The Labute approximate surface area is 113 Å². The number of fused-ring (bicyclic) bond motifs is 4. The van der Waals surface area contributed by atoms with Crippen LogP contribution in [0.25, 0.3) is 0 Å². The van der Waals surface area contributed by atoms with Crippen molar-refractivity contribution in [3.05, 3.63) is 0 Å². The molecule has 4 saturated carbocycles. The predicted molar refractivity (Wildman–Crippen MR) is 76.2 cm³/mol. The van der Waals surface area contributed by atoms with Gasteiger partial charge in [-0.15, -0.1) is 0 Å². The maximum Gasteiger partial charge on any atom is -0.0266 e. The summed E-state index contributed by atoms with van der Waals surface area (Å²) in [7, 11) is 0. The zero-order valence-electron chi connectivity index (χ0n) is 12.5. The molecule has 0 heterocycles. The molecule has 18 heavy (non-hydrogen) atoms. The van der Waals surface area contributed by atoms with Crippen LogP contribution in [-0.2, 0) is 0 Å². The summed E-state index contributed by atoms with van der Waals surface area (Å²) in [4.78, 5) is 0. The van der Waals surface area contributed by atoms with E-state index in [0.717, 1.165) is 41.4 Å². The van der Waals surface area contributed by atoms with Crippen LogP contribution < -0.4 is 0 Å². The Bertz CT molecular complexity index is 340. The van der Waals surface area contributed by atoms with E-state index in [1.807, 2.05) is 0 Å². The Morgan fingerprint density at radius 3 is 2.22 bits per heavy atom. The molecule has 4 rings (SSSR count). The van der Waals surface area contributed by atoms with E-state index < -0.39 is 0 Å². The molecule has 0 saturated heterocycles. The van der Waals surface area contributed by atoms with Crippen LogP contribution in [-0.4, -0.2) is 0 Å². The standard InChI is InChI=1S/C18H30/c1-11-13-4-5-15(8-13)17(11)10-18(3)12(2)14-6-7-16(18)9-14/h11-17H,4-10H2,1-3H3/t11-,12-,13+,14+,15-,16-,17-,18-/m0/s1. The summed E-state index contributed by atoms with van der Waals surface area (Å²) in [6, 6.07) is 0. The van der Waals surface area contributed by atoms with E-state index >= 15 is 0 Å². The third kappa shape index (κ3) is 1.38. The van der Waals surface area contributed by atoms with Crippen molar-refractivity contribution in [3.63, 3.8) is 0 Å². The van der Waals surface area contributed by atoms with Crippen molar-refractivity contribution in [2.24, 2.45) is 46.8 Å². The molecular formula is C18H30. The summed E-state index contributed by atoms with van der Waals surface area (Å²) in [5.74, 6) is 7.56. The lowest BCUT2D eigenvalue weighted by molar-refractivity contribution is 0.0499.